The number of hydrogen-bond acceptors (Lipinski definition) is 5. The molecule has 1 aromatic rings. The van der Waals surface area contributed by atoms with E-state index in [1.54, 1.807) is 32.1 Å². The smallest absolute Gasteiger partial charge is 0.318 e. The van der Waals surface area contributed by atoms with E-state index in [9.17, 15) is 9.59 Å². The van der Waals surface area contributed by atoms with Gasteiger partial charge in [-0.25, -0.2) is 0 Å². The fourth-order valence-corrected chi connectivity index (χ4v) is 2.88. The fourth-order valence-electron chi connectivity index (χ4n) is 2.88. The van der Waals surface area contributed by atoms with Gasteiger partial charge in [0.25, 0.3) is 0 Å². The SMILES string of the molecule is CCOC(=O)C1C(=O)N(Cc2ccc(OC)cc2OC)CC1C. The molecular formula is C17H23NO5. The summed E-state index contributed by atoms with van der Waals surface area (Å²) in [6, 6.07) is 5.47. The van der Waals surface area contributed by atoms with Gasteiger partial charge in [-0.15, -0.1) is 0 Å². The van der Waals surface area contributed by atoms with Gasteiger partial charge >= 0.3 is 5.97 Å². The van der Waals surface area contributed by atoms with Gasteiger partial charge in [-0.05, 0) is 25.0 Å². The molecule has 0 aromatic heterocycles. The van der Waals surface area contributed by atoms with Crippen molar-refractivity contribution in [1.82, 2.24) is 4.90 Å². The van der Waals surface area contributed by atoms with E-state index >= 15 is 0 Å². The largest absolute Gasteiger partial charge is 0.497 e. The van der Waals surface area contributed by atoms with E-state index < -0.39 is 11.9 Å². The number of hydrogen-bond donors (Lipinski definition) is 0. The van der Waals surface area contributed by atoms with Crippen molar-refractivity contribution in [3.05, 3.63) is 23.8 Å². The first kappa shape index (κ1) is 17.1. The Kier molecular flexibility index (Phi) is 5.47. The molecule has 0 bridgehead atoms. The molecule has 0 spiro atoms. The minimum atomic E-state index is -0.709. The maximum atomic E-state index is 12.5. The predicted molar refractivity (Wildman–Crippen MR) is 84.3 cm³/mol. The summed E-state index contributed by atoms with van der Waals surface area (Å²) in [5.41, 5.74) is 0.873. The second-order valence-electron chi connectivity index (χ2n) is 5.60. The molecule has 1 aromatic carbocycles. The number of carbonyl (C=O) groups is 2. The summed E-state index contributed by atoms with van der Waals surface area (Å²) < 4.78 is 15.5. The van der Waals surface area contributed by atoms with Crippen LogP contribution in [-0.4, -0.2) is 44.1 Å². The zero-order valence-corrected chi connectivity index (χ0v) is 14.0. The number of nitrogens with zero attached hydrogens (tertiary/aromatic N) is 1. The second kappa shape index (κ2) is 7.35. The molecule has 0 N–H and O–H groups in total. The molecule has 1 saturated heterocycles. The maximum absolute atomic E-state index is 12.5. The molecule has 6 heteroatoms. The number of esters is 1. The zero-order chi connectivity index (χ0) is 17.0. The van der Waals surface area contributed by atoms with Crippen molar-refractivity contribution >= 4 is 11.9 Å². The molecule has 23 heavy (non-hydrogen) atoms. The molecule has 2 unspecified atom stereocenters. The molecule has 6 nitrogen and oxygen atoms in total. The quantitative estimate of drug-likeness (QED) is 0.591. The third-order valence-corrected chi connectivity index (χ3v) is 4.05. The molecular weight excluding hydrogens is 298 g/mol. The predicted octanol–water partition coefficient (Wildman–Crippen LogP) is 1.86. The van der Waals surface area contributed by atoms with Gasteiger partial charge in [-0.3, -0.25) is 9.59 Å². The molecule has 0 aliphatic carbocycles. The van der Waals surface area contributed by atoms with E-state index in [2.05, 4.69) is 0 Å². The van der Waals surface area contributed by atoms with Crippen LogP contribution in [0.5, 0.6) is 11.5 Å². The van der Waals surface area contributed by atoms with Crippen molar-refractivity contribution in [2.75, 3.05) is 27.4 Å². The van der Waals surface area contributed by atoms with Gasteiger partial charge in [0.15, 0.2) is 0 Å². The first-order valence-corrected chi connectivity index (χ1v) is 7.68. The van der Waals surface area contributed by atoms with E-state index in [0.29, 0.717) is 24.6 Å². The van der Waals surface area contributed by atoms with Crippen molar-refractivity contribution < 1.29 is 23.8 Å². The Labute approximate surface area is 136 Å². The number of rotatable bonds is 6. The normalized spacial score (nSPS) is 20.5. The lowest BCUT2D eigenvalue weighted by molar-refractivity contribution is -0.153. The van der Waals surface area contributed by atoms with Crippen LogP contribution >= 0.6 is 0 Å². The van der Waals surface area contributed by atoms with Crippen molar-refractivity contribution in [2.24, 2.45) is 11.8 Å². The Morgan fingerprint density at radius 2 is 2.04 bits per heavy atom. The van der Waals surface area contributed by atoms with Crippen molar-refractivity contribution in [1.29, 1.82) is 0 Å². The van der Waals surface area contributed by atoms with Gasteiger partial charge in [0.05, 0.1) is 20.8 Å². The lowest BCUT2D eigenvalue weighted by Gasteiger charge is -2.18. The van der Waals surface area contributed by atoms with Crippen LogP contribution in [0.3, 0.4) is 0 Å². The molecule has 0 saturated carbocycles. The standard InChI is InChI=1S/C17H23NO5/c1-5-23-17(20)15-11(2)9-18(16(15)19)10-12-6-7-13(21-3)8-14(12)22-4/h6-8,11,15H,5,9-10H2,1-4H3. The minimum Gasteiger partial charge on any atom is -0.497 e. The van der Waals surface area contributed by atoms with Gasteiger partial charge in [0, 0.05) is 24.7 Å². The summed E-state index contributed by atoms with van der Waals surface area (Å²) in [5.74, 6) is -0.0477. The van der Waals surface area contributed by atoms with E-state index in [4.69, 9.17) is 14.2 Å². The molecule has 1 amide bonds. The number of amides is 1. The second-order valence-corrected chi connectivity index (χ2v) is 5.60. The average molecular weight is 321 g/mol. The Hall–Kier alpha value is -2.24. The molecule has 0 radical (unpaired) electrons. The zero-order valence-electron chi connectivity index (χ0n) is 14.0. The third-order valence-electron chi connectivity index (χ3n) is 4.05. The summed E-state index contributed by atoms with van der Waals surface area (Å²) in [6.45, 7) is 4.83. The van der Waals surface area contributed by atoms with Crippen LogP contribution in [-0.2, 0) is 20.9 Å². The summed E-state index contributed by atoms with van der Waals surface area (Å²) in [6.07, 6.45) is 0. The number of likely N-dealkylation sites (tertiary alicyclic amines) is 1. The first-order valence-electron chi connectivity index (χ1n) is 7.68. The van der Waals surface area contributed by atoms with Gasteiger partial charge in [-0.2, -0.15) is 0 Å². The van der Waals surface area contributed by atoms with Crippen LogP contribution in [0.2, 0.25) is 0 Å². The minimum absolute atomic E-state index is 0.0641. The Balaban J connectivity index is 2.15. The maximum Gasteiger partial charge on any atom is 0.318 e. The number of benzene rings is 1. The topological polar surface area (TPSA) is 65.1 Å². The Morgan fingerprint density at radius 3 is 2.65 bits per heavy atom. The molecule has 1 aliphatic rings. The molecule has 1 heterocycles. The lowest BCUT2D eigenvalue weighted by atomic mass is 9.98. The summed E-state index contributed by atoms with van der Waals surface area (Å²) in [5, 5.41) is 0. The van der Waals surface area contributed by atoms with E-state index in [1.165, 1.54) is 0 Å². The molecule has 1 aliphatic heterocycles. The van der Waals surface area contributed by atoms with Crippen LogP contribution in [0.1, 0.15) is 19.4 Å². The van der Waals surface area contributed by atoms with Crippen molar-refractivity contribution in [2.45, 2.75) is 20.4 Å². The highest BCUT2D eigenvalue weighted by atomic mass is 16.5. The van der Waals surface area contributed by atoms with E-state index in [1.807, 2.05) is 19.1 Å². The fraction of sp³-hybridized carbons (Fsp3) is 0.529. The molecule has 2 rings (SSSR count). The van der Waals surface area contributed by atoms with Crippen LogP contribution < -0.4 is 9.47 Å². The van der Waals surface area contributed by atoms with Gasteiger partial charge in [0.1, 0.15) is 17.4 Å². The van der Waals surface area contributed by atoms with Crippen LogP contribution in [0, 0.1) is 11.8 Å². The first-order chi connectivity index (χ1) is 11.0. The lowest BCUT2D eigenvalue weighted by Crippen LogP contribution is -2.31. The highest BCUT2D eigenvalue weighted by molar-refractivity contribution is 5.99. The molecule has 2 atom stereocenters. The molecule has 126 valence electrons. The average Bonchev–Trinajstić information content (AvgIpc) is 2.82. The highest BCUT2D eigenvalue weighted by Crippen LogP contribution is 2.31. The Bertz CT molecular complexity index is 586. The van der Waals surface area contributed by atoms with Gasteiger partial charge in [0.2, 0.25) is 5.91 Å². The van der Waals surface area contributed by atoms with Crippen molar-refractivity contribution in [3.63, 3.8) is 0 Å². The number of carbonyl (C=O) groups excluding carboxylic acids is 2. The van der Waals surface area contributed by atoms with Crippen LogP contribution in [0.4, 0.5) is 0 Å². The number of methoxy groups -OCH3 is 2. The van der Waals surface area contributed by atoms with E-state index in [0.717, 1.165) is 5.56 Å². The molecule has 1 fully saturated rings. The van der Waals surface area contributed by atoms with E-state index in [-0.39, 0.29) is 18.4 Å². The summed E-state index contributed by atoms with van der Waals surface area (Å²) in [7, 11) is 3.16. The monoisotopic (exact) mass is 321 g/mol. The Morgan fingerprint density at radius 1 is 1.30 bits per heavy atom. The van der Waals surface area contributed by atoms with Crippen LogP contribution in [0.15, 0.2) is 18.2 Å². The summed E-state index contributed by atoms with van der Waals surface area (Å²) in [4.78, 5) is 26.2. The summed E-state index contributed by atoms with van der Waals surface area (Å²) >= 11 is 0. The van der Waals surface area contributed by atoms with Gasteiger partial charge in [-0.1, -0.05) is 6.92 Å². The van der Waals surface area contributed by atoms with Crippen molar-refractivity contribution in [3.8, 4) is 11.5 Å². The van der Waals surface area contributed by atoms with Crippen LogP contribution in [0.25, 0.3) is 0 Å². The third kappa shape index (κ3) is 3.57. The highest BCUT2D eigenvalue weighted by Gasteiger charge is 2.43. The van der Waals surface area contributed by atoms with Gasteiger partial charge < -0.3 is 19.1 Å². The number of ether oxygens (including phenoxy) is 3.